The third-order valence-corrected chi connectivity index (χ3v) is 4.39. The van der Waals surface area contributed by atoms with Crippen LogP contribution in [0.2, 0.25) is 0 Å². The van der Waals surface area contributed by atoms with Gasteiger partial charge in [0.05, 0.1) is 18.3 Å². The highest BCUT2D eigenvalue weighted by atomic mass is 16.5. The van der Waals surface area contributed by atoms with Crippen LogP contribution in [0.5, 0.6) is 0 Å². The molecule has 0 aliphatic rings. The number of esters is 1. The molecule has 152 valence electrons. The topological polar surface area (TPSA) is 126 Å². The van der Waals surface area contributed by atoms with E-state index in [1.807, 2.05) is 30.3 Å². The summed E-state index contributed by atoms with van der Waals surface area (Å²) in [6.45, 7) is 2.00. The summed E-state index contributed by atoms with van der Waals surface area (Å²) in [6.07, 6.45) is 4.47. The molecule has 0 spiro atoms. The molecule has 3 aromatic heterocycles. The highest BCUT2D eigenvalue weighted by molar-refractivity contribution is 5.98. The van der Waals surface area contributed by atoms with Crippen LogP contribution in [-0.4, -0.2) is 43.4 Å². The van der Waals surface area contributed by atoms with Gasteiger partial charge in [-0.15, -0.1) is 0 Å². The number of anilines is 1. The molecule has 1 unspecified atom stereocenters. The normalized spacial score (nSPS) is 11.8. The first kappa shape index (κ1) is 19.1. The number of hydrogen-bond acceptors (Lipinski definition) is 6. The standard InChI is InChI=1S/C20H19N7O3/c1-2-30-19(28)15-11-23-27-9-8-14(10-16(15)27)24-20(29)25-17(18-21-12-22-26-18)13-6-4-3-5-7-13/h3-12,17H,2H2,1H3,(H,21,22,26)(H2,24,25,29). The monoisotopic (exact) mass is 405 g/mol. The van der Waals surface area contributed by atoms with Crippen LogP contribution in [0.3, 0.4) is 0 Å². The van der Waals surface area contributed by atoms with E-state index in [9.17, 15) is 9.59 Å². The quantitative estimate of drug-likeness (QED) is 0.423. The molecule has 3 heterocycles. The number of aromatic amines is 1. The van der Waals surface area contributed by atoms with Crippen LogP contribution in [-0.2, 0) is 4.74 Å². The molecule has 1 aromatic carbocycles. The highest BCUT2D eigenvalue weighted by Gasteiger charge is 2.20. The fourth-order valence-corrected chi connectivity index (χ4v) is 3.03. The Hall–Kier alpha value is -4.21. The molecule has 0 radical (unpaired) electrons. The van der Waals surface area contributed by atoms with Gasteiger partial charge in [-0.1, -0.05) is 30.3 Å². The van der Waals surface area contributed by atoms with E-state index in [2.05, 4.69) is 30.9 Å². The van der Waals surface area contributed by atoms with Crippen LogP contribution in [0.25, 0.3) is 5.52 Å². The predicted molar refractivity (Wildman–Crippen MR) is 108 cm³/mol. The molecule has 2 amide bonds. The fraction of sp³-hybridized carbons (Fsp3) is 0.150. The van der Waals surface area contributed by atoms with E-state index in [-0.39, 0.29) is 6.61 Å². The lowest BCUT2D eigenvalue weighted by Gasteiger charge is -2.17. The highest BCUT2D eigenvalue weighted by Crippen LogP contribution is 2.20. The summed E-state index contributed by atoms with van der Waals surface area (Å²) in [7, 11) is 0. The van der Waals surface area contributed by atoms with Crippen LogP contribution in [0.15, 0.2) is 61.2 Å². The first-order valence-electron chi connectivity index (χ1n) is 9.28. The zero-order valence-electron chi connectivity index (χ0n) is 16.1. The molecule has 30 heavy (non-hydrogen) atoms. The number of ether oxygens (including phenoxy) is 1. The maximum Gasteiger partial charge on any atom is 0.341 e. The van der Waals surface area contributed by atoms with E-state index in [1.165, 1.54) is 17.0 Å². The van der Waals surface area contributed by atoms with Crippen molar-refractivity contribution in [2.24, 2.45) is 0 Å². The molecule has 0 saturated heterocycles. The van der Waals surface area contributed by atoms with Crippen molar-refractivity contribution in [1.29, 1.82) is 0 Å². The van der Waals surface area contributed by atoms with Crippen LogP contribution < -0.4 is 10.6 Å². The maximum absolute atomic E-state index is 12.7. The van der Waals surface area contributed by atoms with Gasteiger partial charge in [0.25, 0.3) is 0 Å². The lowest BCUT2D eigenvalue weighted by molar-refractivity contribution is 0.0528. The lowest BCUT2D eigenvalue weighted by atomic mass is 10.1. The van der Waals surface area contributed by atoms with E-state index in [0.29, 0.717) is 22.6 Å². The molecule has 3 N–H and O–H groups in total. The molecule has 0 saturated carbocycles. The number of carbonyl (C=O) groups excluding carboxylic acids is 2. The van der Waals surface area contributed by atoms with Crippen molar-refractivity contribution in [1.82, 2.24) is 30.1 Å². The van der Waals surface area contributed by atoms with Crippen molar-refractivity contribution in [2.45, 2.75) is 13.0 Å². The number of hydrogen-bond donors (Lipinski definition) is 3. The molecule has 0 bridgehead atoms. The minimum Gasteiger partial charge on any atom is -0.462 e. The Morgan fingerprint density at radius 1 is 1.23 bits per heavy atom. The van der Waals surface area contributed by atoms with Crippen LogP contribution >= 0.6 is 0 Å². The Kier molecular flexibility index (Phi) is 5.37. The van der Waals surface area contributed by atoms with Crippen LogP contribution in [0.4, 0.5) is 10.5 Å². The van der Waals surface area contributed by atoms with Gasteiger partial charge in [-0.3, -0.25) is 5.10 Å². The number of urea groups is 1. The number of amides is 2. The van der Waals surface area contributed by atoms with Gasteiger partial charge >= 0.3 is 12.0 Å². The number of carbonyl (C=O) groups is 2. The second-order valence-corrected chi connectivity index (χ2v) is 6.34. The number of nitrogens with zero attached hydrogens (tertiary/aromatic N) is 4. The number of rotatable bonds is 6. The number of aromatic nitrogens is 5. The number of pyridine rings is 1. The second-order valence-electron chi connectivity index (χ2n) is 6.34. The van der Waals surface area contributed by atoms with Crippen LogP contribution in [0, 0.1) is 0 Å². The van der Waals surface area contributed by atoms with E-state index >= 15 is 0 Å². The molecule has 0 fully saturated rings. The first-order chi connectivity index (χ1) is 14.7. The van der Waals surface area contributed by atoms with Crippen molar-refractivity contribution in [2.75, 3.05) is 11.9 Å². The SMILES string of the molecule is CCOC(=O)c1cnn2ccc(NC(=O)NC(c3ccccc3)c3ncn[nH]3)cc12. The van der Waals surface area contributed by atoms with Gasteiger partial charge in [0, 0.05) is 11.9 Å². The summed E-state index contributed by atoms with van der Waals surface area (Å²) in [6, 6.07) is 11.8. The van der Waals surface area contributed by atoms with Gasteiger partial charge in [0.15, 0.2) is 5.82 Å². The Morgan fingerprint density at radius 2 is 2.07 bits per heavy atom. The second kappa shape index (κ2) is 8.43. The van der Waals surface area contributed by atoms with Crippen molar-refractivity contribution in [3.63, 3.8) is 0 Å². The summed E-state index contributed by atoms with van der Waals surface area (Å²) in [5, 5.41) is 16.5. The number of fused-ring (bicyclic) bond motifs is 1. The van der Waals surface area contributed by atoms with Gasteiger partial charge in [-0.05, 0) is 24.6 Å². The van der Waals surface area contributed by atoms with Crippen molar-refractivity contribution < 1.29 is 14.3 Å². The first-order valence-corrected chi connectivity index (χ1v) is 9.28. The molecule has 10 heteroatoms. The summed E-state index contributed by atoms with van der Waals surface area (Å²) in [5.41, 5.74) is 2.20. The molecule has 1 atom stereocenters. The number of nitrogens with one attached hydrogen (secondary N) is 3. The zero-order valence-corrected chi connectivity index (χ0v) is 16.1. The molecule has 0 aliphatic carbocycles. The van der Waals surface area contributed by atoms with Gasteiger partial charge in [-0.25, -0.2) is 19.1 Å². The smallest absolute Gasteiger partial charge is 0.341 e. The van der Waals surface area contributed by atoms with Crippen molar-refractivity contribution >= 4 is 23.2 Å². The van der Waals surface area contributed by atoms with Gasteiger partial charge < -0.3 is 15.4 Å². The third-order valence-electron chi connectivity index (χ3n) is 4.39. The number of benzene rings is 1. The fourth-order valence-electron chi connectivity index (χ4n) is 3.03. The average Bonchev–Trinajstić information content (AvgIpc) is 3.43. The largest absolute Gasteiger partial charge is 0.462 e. The summed E-state index contributed by atoms with van der Waals surface area (Å²) < 4.78 is 6.59. The predicted octanol–water partition coefficient (Wildman–Crippen LogP) is 2.54. The Bertz CT molecular complexity index is 1160. The van der Waals surface area contributed by atoms with E-state index in [1.54, 1.807) is 25.3 Å². The van der Waals surface area contributed by atoms with E-state index < -0.39 is 18.0 Å². The van der Waals surface area contributed by atoms with Crippen molar-refractivity contribution in [3.05, 3.63) is 78.1 Å². The van der Waals surface area contributed by atoms with Crippen molar-refractivity contribution in [3.8, 4) is 0 Å². The molecule has 4 aromatic rings. The molecule has 10 nitrogen and oxygen atoms in total. The number of H-pyrrole nitrogens is 1. The van der Waals surface area contributed by atoms with E-state index in [4.69, 9.17) is 4.74 Å². The maximum atomic E-state index is 12.7. The molecular formula is C20H19N7O3. The van der Waals surface area contributed by atoms with Gasteiger partial charge in [0.1, 0.15) is 17.9 Å². The van der Waals surface area contributed by atoms with Gasteiger partial charge in [-0.2, -0.15) is 10.2 Å². The minimum absolute atomic E-state index is 0.263. The minimum atomic E-state index is -0.512. The molecule has 4 rings (SSSR count). The summed E-state index contributed by atoms with van der Waals surface area (Å²) in [4.78, 5) is 28.9. The summed E-state index contributed by atoms with van der Waals surface area (Å²) in [5.74, 6) is 0.0377. The lowest BCUT2D eigenvalue weighted by Crippen LogP contribution is -2.33. The Balaban J connectivity index is 1.55. The van der Waals surface area contributed by atoms with Gasteiger partial charge in [0.2, 0.25) is 0 Å². The van der Waals surface area contributed by atoms with E-state index in [0.717, 1.165) is 5.56 Å². The van der Waals surface area contributed by atoms with Crippen LogP contribution in [0.1, 0.15) is 34.7 Å². The molecular weight excluding hydrogens is 386 g/mol. The molecule has 0 aliphatic heterocycles. The summed E-state index contributed by atoms with van der Waals surface area (Å²) >= 11 is 0. The average molecular weight is 405 g/mol. The third kappa shape index (κ3) is 3.97. The Labute approximate surface area is 171 Å². The zero-order chi connectivity index (χ0) is 20.9. The Morgan fingerprint density at radius 3 is 2.80 bits per heavy atom.